The second-order valence-electron chi connectivity index (χ2n) is 6.55. The maximum atomic E-state index is 12.4. The van der Waals surface area contributed by atoms with Gasteiger partial charge in [-0.25, -0.2) is 4.79 Å². The highest BCUT2D eigenvalue weighted by Gasteiger charge is 2.49. The van der Waals surface area contributed by atoms with Gasteiger partial charge in [0.05, 0.1) is 0 Å². The first-order valence-corrected chi connectivity index (χ1v) is 8.19. The van der Waals surface area contributed by atoms with Crippen LogP contribution in [0.2, 0.25) is 0 Å². The average molecular weight is 311 g/mol. The molecule has 0 aliphatic carbocycles. The van der Waals surface area contributed by atoms with Crippen molar-refractivity contribution in [2.75, 3.05) is 6.54 Å². The lowest BCUT2D eigenvalue weighted by molar-refractivity contribution is -0.135. The number of urea groups is 1. The third-order valence-electron chi connectivity index (χ3n) is 4.34. The van der Waals surface area contributed by atoms with E-state index < -0.39 is 11.6 Å². The smallest absolute Gasteiger partial charge is 0.325 e. The largest absolute Gasteiger partial charge is 0.352 e. The second kappa shape index (κ2) is 7.61. The molecule has 0 aromatic rings. The van der Waals surface area contributed by atoms with Crippen LogP contribution in [0, 0.1) is 5.92 Å². The van der Waals surface area contributed by atoms with Crippen molar-refractivity contribution < 1.29 is 14.4 Å². The van der Waals surface area contributed by atoms with E-state index in [1.165, 1.54) is 0 Å². The number of carbonyl (C=O) groups is 3. The molecule has 126 valence electrons. The van der Waals surface area contributed by atoms with E-state index in [0.717, 1.165) is 17.7 Å². The first-order chi connectivity index (χ1) is 10.3. The van der Waals surface area contributed by atoms with E-state index >= 15 is 0 Å². The molecule has 6 heteroatoms. The molecule has 1 aliphatic rings. The van der Waals surface area contributed by atoms with Crippen LogP contribution in [-0.2, 0) is 9.59 Å². The fourth-order valence-electron chi connectivity index (χ4n) is 2.67. The van der Waals surface area contributed by atoms with Gasteiger partial charge < -0.3 is 10.6 Å². The minimum atomic E-state index is -0.847. The minimum absolute atomic E-state index is 0.0396. The van der Waals surface area contributed by atoms with Gasteiger partial charge in [-0.05, 0) is 38.5 Å². The van der Waals surface area contributed by atoms with Crippen LogP contribution in [0.5, 0.6) is 0 Å². The molecule has 2 N–H and O–H groups in total. The Bertz CT molecular complexity index is 430. The molecule has 1 saturated heterocycles. The van der Waals surface area contributed by atoms with Crippen molar-refractivity contribution in [2.24, 2.45) is 5.92 Å². The number of nitrogens with zero attached hydrogens (tertiary/aromatic N) is 1. The first kappa shape index (κ1) is 18.5. The number of hydrogen-bond acceptors (Lipinski definition) is 3. The van der Waals surface area contributed by atoms with E-state index in [4.69, 9.17) is 0 Å². The molecule has 1 fully saturated rings. The molecule has 0 bridgehead atoms. The third kappa shape index (κ3) is 4.21. The number of imide groups is 1. The summed E-state index contributed by atoms with van der Waals surface area (Å²) < 4.78 is 0. The highest BCUT2D eigenvalue weighted by Crippen LogP contribution is 2.24. The molecule has 0 radical (unpaired) electrons. The molecule has 1 heterocycles. The molecule has 6 nitrogen and oxygen atoms in total. The summed E-state index contributed by atoms with van der Waals surface area (Å²) in [6, 6.07) is -0.434. The zero-order chi connectivity index (χ0) is 16.9. The summed E-state index contributed by atoms with van der Waals surface area (Å²) in [5.74, 6) is -0.00439. The summed E-state index contributed by atoms with van der Waals surface area (Å²) in [7, 11) is 0. The summed E-state index contributed by atoms with van der Waals surface area (Å²) in [5.41, 5.74) is -0.847. The summed E-state index contributed by atoms with van der Waals surface area (Å²) in [6.45, 7) is 9.72. The predicted molar refractivity (Wildman–Crippen MR) is 85.2 cm³/mol. The van der Waals surface area contributed by atoms with Gasteiger partial charge >= 0.3 is 6.03 Å². The van der Waals surface area contributed by atoms with Gasteiger partial charge in [0.2, 0.25) is 5.91 Å². The molecule has 0 spiro atoms. The molecule has 0 aromatic heterocycles. The zero-order valence-electron chi connectivity index (χ0n) is 14.4. The Morgan fingerprint density at radius 2 is 1.77 bits per heavy atom. The third-order valence-corrected chi connectivity index (χ3v) is 4.34. The van der Waals surface area contributed by atoms with Crippen LogP contribution in [0.1, 0.15) is 60.3 Å². The molecule has 1 rings (SSSR count). The van der Waals surface area contributed by atoms with Gasteiger partial charge in [0.25, 0.3) is 5.91 Å². The lowest BCUT2D eigenvalue weighted by Crippen LogP contribution is -2.47. The van der Waals surface area contributed by atoms with Gasteiger partial charge in [0.15, 0.2) is 0 Å². The van der Waals surface area contributed by atoms with Crippen LogP contribution >= 0.6 is 0 Å². The Morgan fingerprint density at radius 3 is 2.23 bits per heavy atom. The lowest BCUT2D eigenvalue weighted by atomic mass is 9.93. The Hall–Kier alpha value is -1.59. The predicted octanol–water partition coefficient (Wildman–Crippen LogP) is 2.04. The quantitative estimate of drug-likeness (QED) is 0.673. The zero-order valence-corrected chi connectivity index (χ0v) is 14.4. The highest BCUT2D eigenvalue weighted by molar-refractivity contribution is 6.08. The lowest BCUT2D eigenvalue weighted by Gasteiger charge is -2.23. The summed E-state index contributed by atoms with van der Waals surface area (Å²) in [5, 5.41) is 5.58. The van der Waals surface area contributed by atoms with Gasteiger partial charge in [-0.15, -0.1) is 0 Å². The Kier molecular flexibility index (Phi) is 6.38. The molecule has 1 aliphatic heterocycles. The topological polar surface area (TPSA) is 78.5 Å². The maximum Gasteiger partial charge on any atom is 0.325 e. The van der Waals surface area contributed by atoms with Crippen molar-refractivity contribution in [1.82, 2.24) is 15.5 Å². The number of nitrogens with one attached hydrogen (secondary N) is 2. The van der Waals surface area contributed by atoms with Crippen molar-refractivity contribution in [2.45, 2.75) is 71.9 Å². The van der Waals surface area contributed by atoms with Gasteiger partial charge in [-0.3, -0.25) is 14.5 Å². The van der Waals surface area contributed by atoms with Crippen molar-refractivity contribution in [1.29, 1.82) is 0 Å². The summed E-state index contributed by atoms with van der Waals surface area (Å²) in [4.78, 5) is 37.4. The van der Waals surface area contributed by atoms with E-state index in [-0.39, 0.29) is 24.4 Å². The monoisotopic (exact) mass is 311 g/mol. The van der Waals surface area contributed by atoms with Crippen LogP contribution in [0.25, 0.3) is 0 Å². The summed E-state index contributed by atoms with van der Waals surface area (Å²) in [6.07, 6.45) is 2.96. The van der Waals surface area contributed by atoms with E-state index in [2.05, 4.69) is 24.5 Å². The van der Waals surface area contributed by atoms with Gasteiger partial charge in [-0.1, -0.05) is 27.7 Å². The molecular formula is C16H29N3O3. The van der Waals surface area contributed by atoms with Crippen LogP contribution in [0.3, 0.4) is 0 Å². The molecule has 1 unspecified atom stereocenters. The van der Waals surface area contributed by atoms with Crippen molar-refractivity contribution in [3.05, 3.63) is 0 Å². The number of carbonyl (C=O) groups excluding carboxylic acids is 3. The Morgan fingerprint density at radius 1 is 1.18 bits per heavy atom. The normalized spacial score (nSPS) is 18.5. The average Bonchev–Trinajstić information content (AvgIpc) is 2.69. The fraction of sp³-hybridized carbons (Fsp3) is 0.812. The van der Waals surface area contributed by atoms with Crippen LogP contribution in [-0.4, -0.2) is 40.9 Å². The number of amides is 4. The van der Waals surface area contributed by atoms with Crippen molar-refractivity contribution in [3.8, 4) is 0 Å². The Balaban J connectivity index is 2.57. The van der Waals surface area contributed by atoms with Gasteiger partial charge in [0.1, 0.15) is 12.1 Å². The molecule has 22 heavy (non-hydrogen) atoms. The van der Waals surface area contributed by atoms with Gasteiger partial charge in [0, 0.05) is 6.04 Å². The first-order valence-electron chi connectivity index (χ1n) is 8.19. The van der Waals surface area contributed by atoms with Crippen LogP contribution in [0.15, 0.2) is 0 Å². The maximum absolute atomic E-state index is 12.4. The van der Waals surface area contributed by atoms with E-state index in [1.807, 2.05) is 20.8 Å². The van der Waals surface area contributed by atoms with Crippen LogP contribution < -0.4 is 10.6 Å². The number of hydrogen-bond donors (Lipinski definition) is 2. The fourth-order valence-corrected chi connectivity index (χ4v) is 2.67. The van der Waals surface area contributed by atoms with E-state index in [9.17, 15) is 14.4 Å². The highest BCUT2D eigenvalue weighted by atomic mass is 16.2. The van der Waals surface area contributed by atoms with Crippen molar-refractivity contribution >= 4 is 17.8 Å². The van der Waals surface area contributed by atoms with Crippen molar-refractivity contribution in [3.63, 3.8) is 0 Å². The number of rotatable bonds is 8. The molecule has 0 saturated carbocycles. The molecule has 0 aromatic carbocycles. The molecule has 4 amide bonds. The molecule has 1 atom stereocenters. The molecular weight excluding hydrogens is 282 g/mol. The van der Waals surface area contributed by atoms with E-state index in [1.54, 1.807) is 0 Å². The van der Waals surface area contributed by atoms with E-state index in [0.29, 0.717) is 18.8 Å². The summed E-state index contributed by atoms with van der Waals surface area (Å²) >= 11 is 0. The van der Waals surface area contributed by atoms with Crippen LogP contribution in [0.4, 0.5) is 4.79 Å². The SMILES string of the molecule is CCC1(CC)NC(=O)N(CC(=O)NC(C)CCC(C)C)C1=O. The minimum Gasteiger partial charge on any atom is -0.352 e. The van der Waals surface area contributed by atoms with Gasteiger partial charge in [-0.2, -0.15) is 0 Å². The second-order valence-corrected chi connectivity index (χ2v) is 6.55. The standard InChI is InChI=1S/C16H29N3O3/c1-6-16(7-2)14(21)19(15(22)18-16)10-13(20)17-12(5)9-8-11(3)4/h11-12H,6-10H2,1-5H3,(H,17,20)(H,18,22). The Labute approximate surface area is 133 Å².